The van der Waals surface area contributed by atoms with E-state index in [4.69, 9.17) is 0 Å². The van der Waals surface area contributed by atoms with Crippen LogP contribution in [0.5, 0.6) is 0 Å². The zero-order valence-corrected chi connectivity index (χ0v) is 17.7. The summed E-state index contributed by atoms with van der Waals surface area (Å²) in [5.41, 5.74) is 0.558. The fourth-order valence-electron chi connectivity index (χ4n) is 4.09. The molecule has 0 spiro atoms. The highest BCUT2D eigenvalue weighted by atomic mass is 16.2. The van der Waals surface area contributed by atoms with Crippen molar-refractivity contribution in [2.45, 2.75) is 83.8 Å². The highest BCUT2D eigenvalue weighted by Crippen LogP contribution is 2.17. The van der Waals surface area contributed by atoms with Gasteiger partial charge in [0.25, 0.3) is 5.56 Å². The molecule has 6 heteroatoms. The molecule has 3 rings (SSSR count). The number of amides is 1. The quantitative estimate of drug-likeness (QED) is 0.744. The number of nitrogens with zero attached hydrogens (tertiary/aromatic N) is 2. The van der Waals surface area contributed by atoms with Crippen LogP contribution in [-0.2, 0) is 11.3 Å². The Bertz CT molecular complexity index is 855. The van der Waals surface area contributed by atoms with Gasteiger partial charge in [-0.3, -0.25) is 14.5 Å². The zero-order valence-electron chi connectivity index (χ0n) is 17.7. The normalized spacial score (nSPS) is 17.1. The summed E-state index contributed by atoms with van der Waals surface area (Å²) < 4.78 is 0. The van der Waals surface area contributed by atoms with Gasteiger partial charge in [-0.25, -0.2) is 4.98 Å². The van der Waals surface area contributed by atoms with Crippen LogP contribution in [0.4, 0.5) is 0 Å². The summed E-state index contributed by atoms with van der Waals surface area (Å²) in [6.45, 7) is 5.00. The van der Waals surface area contributed by atoms with Crippen molar-refractivity contribution in [1.29, 1.82) is 0 Å². The van der Waals surface area contributed by atoms with Crippen LogP contribution in [-0.4, -0.2) is 39.4 Å². The van der Waals surface area contributed by atoms with E-state index in [0.717, 1.165) is 19.3 Å². The van der Waals surface area contributed by atoms with Crippen LogP contribution in [0.1, 0.15) is 71.0 Å². The fourth-order valence-corrected chi connectivity index (χ4v) is 4.09. The predicted octanol–water partition coefficient (Wildman–Crippen LogP) is 3.75. The van der Waals surface area contributed by atoms with Gasteiger partial charge >= 0.3 is 0 Å². The van der Waals surface area contributed by atoms with Crippen molar-refractivity contribution in [3.05, 3.63) is 40.4 Å². The molecule has 29 heavy (non-hydrogen) atoms. The summed E-state index contributed by atoms with van der Waals surface area (Å²) >= 11 is 0. The van der Waals surface area contributed by atoms with E-state index in [1.807, 2.05) is 18.2 Å². The van der Waals surface area contributed by atoms with E-state index in [-0.39, 0.29) is 17.5 Å². The van der Waals surface area contributed by atoms with Crippen molar-refractivity contribution in [1.82, 2.24) is 20.2 Å². The lowest BCUT2D eigenvalue weighted by molar-refractivity contribution is -0.123. The molecule has 0 saturated heterocycles. The topological polar surface area (TPSA) is 78.1 Å². The average molecular weight is 399 g/mol. The van der Waals surface area contributed by atoms with Crippen molar-refractivity contribution in [2.24, 2.45) is 0 Å². The summed E-state index contributed by atoms with van der Waals surface area (Å²) in [5, 5.41) is 3.84. The number of aromatic amines is 1. The number of hydrogen-bond acceptors (Lipinski definition) is 4. The third-order valence-electron chi connectivity index (χ3n) is 6.05. The van der Waals surface area contributed by atoms with Gasteiger partial charge in [-0.1, -0.05) is 51.2 Å². The molecule has 0 bridgehead atoms. The first-order chi connectivity index (χ1) is 14.1. The number of aromatic nitrogens is 2. The van der Waals surface area contributed by atoms with Gasteiger partial charge in [0.2, 0.25) is 5.91 Å². The second-order valence-corrected chi connectivity index (χ2v) is 8.30. The summed E-state index contributed by atoms with van der Waals surface area (Å²) in [6, 6.07) is 7.86. The summed E-state index contributed by atoms with van der Waals surface area (Å²) in [7, 11) is 0. The third kappa shape index (κ3) is 6.13. The Hall–Kier alpha value is -2.21. The lowest BCUT2D eigenvalue weighted by Crippen LogP contribution is -2.45. The molecule has 1 amide bonds. The molecule has 1 aliphatic carbocycles. The molecule has 1 atom stereocenters. The number of H-pyrrole nitrogens is 1. The van der Waals surface area contributed by atoms with Gasteiger partial charge in [0, 0.05) is 12.1 Å². The van der Waals surface area contributed by atoms with E-state index in [9.17, 15) is 9.59 Å². The molecule has 0 aliphatic heterocycles. The molecular formula is C23H34N4O2. The Morgan fingerprint density at radius 3 is 2.62 bits per heavy atom. The highest BCUT2D eigenvalue weighted by Gasteiger charge is 2.20. The standard InChI is InChI=1S/C23H34N4O2/c1-3-17(2)27(16-22(28)24-18-11-7-5-4-6-8-12-18)15-21-25-20-14-10-9-13-19(20)23(29)26-21/h9-10,13-14,17-18H,3-8,11-12,15-16H2,1-2H3,(H,24,28)(H,25,26,29). The molecule has 2 N–H and O–H groups in total. The van der Waals surface area contributed by atoms with Gasteiger partial charge in [0.05, 0.1) is 24.0 Å². The molecule has 1 aromatic carbocycles. The zero-order chi connectivity index (χ0) is 20.6. The molecule has 1 saturated carbocycles. The predicted molar refractivity (Wildman–Crippen MR) is 117 cm³/mol. The maximum Gasteiger partial charge on any atom is 0.258 e. The van der Waals surface area contributed by atoms with Gasteiger partial charge in [0.1, 0.15) is 5.82 Å². The first-order valence-electron chi connectivity index (χ1n) is 11.1. The third-order valence-corrected chi connectivity index (χ3v) is 6.05. The fraction of sp³-hybridized carbons (Fsp3) is 0.609. The lowest BCUT2D eigenvalue weighted by atomic mass is 9.97. The maximum absolute atomic E-state index is 12.8. The second kappa shape index (κ2) is 10.5. The highest BCUT2D eigenvalue weighted by molar-refractivity contribution is 5.78. The van der Waals surface area contributed by atoms with E-state index in [2.05, 4.69) is 34.0 Å². The van der Waals surface area contributed by atoms with Crippen LogP contribution in [0.25, 0.3) is 10.9 Å². The molecule has 0 radical (unpaired) electrons. The van der Waals surface area contributed by atoms with Crippen LogP contribution in [0.3, 0.4) is 0 Å². The van der Waals surface area contributed by atoms with Crippen molar-refractivity contribution < 1.29 is 4.79 Å². The maximum atomic E-state index is 12.8. The number of carbonyl (C=O) groups is 1. The molecule has 1 aliphatic rings. The number of hydrogen-bond donors (Lipinski definition) is 2. The van der Waals surface area contributed by atoms with Crippen molar-refractivity contribution in [3.8, 4) is 0 Å². The van der Waals surface area contributed by atoms with Crippen LogP contribution < -0.4 is 10.9 Å². The Balaban J connectivity index is 1.68. The van der Waals surface area contributed by atoms with E-state index in [1.165, 1.54) is 32.1 Å². The van der Waals surface area contributed by atoms with Gasteiger partial charge in [-0.05, 0) is 38.3 Å². The van der Waals surface area contributed by atoms with E-state index in [1.54, 1.807) is 6.07 Å². The Kier molecular flexibility index (Phi) is 7.81. The summed E-state index contributed by atoms with van der Waals surface area (Å²) in [5.74, 6) is 0.673. The smallest absolute Gasteiger partial charge is 0.258 e. The van der Waals surface area contributed by atoms with E-state index >= 15 is 0 Å². The molecule has 1 heterocycles. The summed E-state index contributed by atoms with van der Waals surface area (Å²) in [6.07, 6.45) is 9.33. The van der Waals surface area contributed by atoms with Crippen LogP contribution in [0, 0.1) is 0 Å². The first kappa shape index (κ1) is 21.5. The Morgan fingerprint density at radius 1 is 1.21 bits per heavy atom. The van der Waals surface area contributed by atoms with E-state index in [0.29, 0.717) is 35.9 Å². The average Bonchev–Trinajstić information content (AvgIpc) is 2.69. The number of benzene rings is 1. The van der Waals surface area contributed by atoms with Gasteiger partial charge in [-0.15, -0.1) is 0 Å². The van der Waals surface area contributed by atoms with Crippen molar-refractivity contribution in [2.75, 3.05) is 6.54 Å². The Morgan fingerprint density at radius 2 is 1.90 bits per heavy atom. The van der Waals surface area contributed by atoms with Gasteiger partial charge in [0.15, 0.2) is 0 Å². The van der Waals surface area contributed by atoms with Gasteiger partial charge in [-0.2, -0.15) is 0 Å². The number of carbonyl (C=O) groups excluding carboxylic acids is 1. The first-order valence-corrected chi connectivity index (χ1v) is 11.1. The largest absolute Gasteiger partial charge is 0.352 e. The molecule has 6 nitrogen and oxygen atoms in total. The number of fused-ring (bicyclic) bond motifs is 1. The molecule has 1 fully saturated rings. The second-order valence-electron chi connectivity index (χ2n) is 8.30. The monoisotopic (exact) mass is 398 g/mol. The number of nitrogens with one attached hydrogen (secondary N) is 2. The SMILES string of the molecule is CCC(C)N(CC(=O)NC1CCCCCCC1)Cc1nc2ccccc2c(=O)[nH]1. The number of rotatable bonds is 7. The lowest BCUT2D eigenvalue weighted by Gasteiger charge is -2.28. The van der Waals surface area contributed by atoms with Gasteiger partial charge < -0.3 is 10.3 Å². The summed E-state index contributed by atoms with van der Waals surface area (Å²) in [4.78, 5) is 34.7. The minimum Gasteiger partial charge on any atom is -0.352 e. The minimum absolute atomic E-state index is 0.0685. The molecular weight excluding hydrogens is 364 g/mol. The molecule has 1 unspecified atom stereocenters. The van der Waals surface area contributed by atoms with E-state index < -0.39 is 0 Å². The molecule has 2 aromatic rings. The minimum atomic E-state index is -0.131. The molecule has 1 aromatic heterocycles. The van der Waals surface area contributed by atoms with Crippen molar-refractivity contribution in [3.63, 3.8) is 0 Å². The van der Waals surface area contributed by atoms with Crippen molar-refractivity contribution >= 4 is 16.8 Å². The number of para-hydroxylation sites is 1. The van der Waals surface area contributed by atoms with Crippen LogP contribution in [0.15, 0.2) is 29.1 Å². The Labute approximate surface area is 173 Å². The van der Waals surface area contributed by atoms with Crippen LogP contribution in [0.2, 0.25) is 0 Å². The molecule has 158 valence electrons. The van der Waals surface area contributed by atoms with Crippen LogP contribution >= 0.6 is 0 Å².